The normalized spacial score (nSPS) is 10.4. The van der Waals surface area contributed by atoms with Crippen LogP contribution in [0.2, 0.25) is 0 Å². The van der Waals surface area contributed by atoms with Gasteiger partial charge in [0.15, 0.2) is 5.82 Å². The van der Waals surface area contributed by atoms with Crippen LogP contribution in [0, 0.1) is 0 Å². The van der Waals surface area contributed by atoms with Gasteiger partial charge in [0, 0.05) is 17.5 Å². The number of benzene rings is 1. The molecule has 3 heteroatoms. The molecule has 0 N–H and O–H groups in total. The molecule has 0 spiro atoms. The van der Waals surface area contributed by atoms with Crippen molar-refractivity contribution in [2.75, 3.05) is 0 Å². The molecule has 98 valence electrons. The Hall–Kier alpha value is -2.55. The molecule has 0 radical (unpaired) electrons. The maximum absolute atomic E-state index is 4.65. The lowest BCUT2D eigenvalue weighted by Crippen LogP contribution is -1.98. The fraction of sp³-hybridized carbons (Fsp3) is 0.118. The van der Waals surface area contributed by atoms with Gasteiger partial charge in [-0.2, -0.15) is 0 Å². The minimum Gasteiger partial charge on any atom is -0.255 e. The standard InChI is InChI=1S/C17H15N3/c1-2-14-12-16(15-10-6-7-11-18-15)20-17(19-14)13-8-4-3-5-9-13/h3-12H,2H2,1H3. The molecule has 0 aliphatic carbocycles. The van der Waals surface area contributed by atoms with Gasteiger partial charge in [0.2, 0.25) is 0 Å². The summed E-state index contributed by atoms with van der Waals surface area (Å²) in [5, 5.41) is 0. The third-order valence-corrected chi connectivity index (χ3v) is 3.10. The Labute approximate surface area is 118 Å². The van der Waals surface area contributed by atoms with Gasteiger partial charge in [0.25, 0.3) is 0 Å². The second-order valence-corrected chi connectivity index (χ2v) is 4.50. The monoisotopic (exact) mass is 261 g/mol. The van der Waals surface area contributed by atoms with Gasteiger partial charge in [-0.3, -0.25) is 4.98 Å². The number of hydrogen-bond acceptors (Lipinski definition) is 3. The summed E-state index contributed by atoms with van der Waals surface area (Å²) in [5.74, 6) is 0.755. The van der Waals surface area contributed by atoms with Crippen LogP contribution in [0.3, 0.4) is 0 Å². The van der Waals surface area contributed by atoms with Gasteiger partial charge in [-0.1, -0.05) is 43.3 Å². The molecule has 0 saturated carbocycles. The highest BCUT2D eigenvalue weighted by atomic mass is 14.9. The third kappa shape index (κ3) is 2.57. The van der Waals surface area contributed by atoms with E-state index in [-0.39, 0.29) is 0 Å². The Morgan fingerprint density at radius 3 is 2.35 bits per heavy atom. The average Bonchev–Trinajstić information content (AvgIpc) is 2.56. The quantitative estimate of drug-likeness (QED) is 0.720. The van der Waals surface area contributed by atoms with E-state index in [1.807, 2.05) is 54.6 Å². The Morgan fingerprint density at radius 2 is 1.65 bits per heavy atom. The SMILES string of the molecule is CCc1cc(-c2ccccn2)nc(-c2ccccc2)n1. The van der Waals surface area contributed by atoms with Gasteiger partial charge in [-0.15, -0.1) is 0 Å². The zero-order valence-electron chi connectivity index (χ0n) is 11.3. The second kappa shape index (κ2) is 5.61. The Bertz CT molecular complexity index is 636. The zero-order chi connectivity index (χ0) is 13.8. The van der Waals surface area contributed by atoms with Gasteiger partial charge < -0.3 is 0 Å². The molecule has 3 nitrogen and oxygen atoms in total. The largest absolute Gasteiger partial charge is 0.255 e. The van der Waals surface area contributed by atoms with Crippen LogP contribution >= 0.6 is 0 Å². The van der Waals surface area contributed by atoms with Crippen LogP contribution in [0.1, 0.15) is 12.6 Å². The molecular formula is C17H15N3. The van der Waals surface area contributed by atoms with E-state index in [4.69, 9.17) is 0 Å². The lowest BCUT2D eigenvalue weighted by Gasteiger charge is -2.07. The highest BCUT2D eigenvalue weighted by molar-refractivity contribution is 5.61. The first-order chi connectivity index (χ1) is 9.86. The Kier molecular flexibility index (Phi) is 3.50. The maximum atomic E-state index is 4.65. The van der Waals surface area contributed by atoms with E-state index in [1.54, 1.807) is 6.20 Å². The molecule has 0 unspecified atom stereocenters. The maximum Gasteiger partial charge on any atom is 0.160 e. The summed E-state index contributed by atoms with van der Waals surface area (Å²) in [4.78, 5) is 13.6. The van der Waals surface area contributed by atoms with Crippen LogP contribution < -0.4 is 0 Å². The van der Waals surface area contributed by atoms with Crippen molar-refractivity contribution < 1.29 is 0 Å². The van der Waals surface area contributed by atoms with Crippen LogP contribution in [-0.4, -0.2) is 15.0 Å². The zero-order valence-corrected chi connectivity index (χ0v) is 11.3. The number of aromatic nitrogens is 3. The fourth-order valence-electron chi connectivity index (χ4n) is 2.04. The molecule has 0 fully saturated rings. The van der Waals surface area contributed by atoms with Crippen LogP contribution in [0.25, 0.3) is 22.8 Å². The minimum atomic E-state index is 0.755. The van der Waals surface area contributed by atoms with Crippen molar-refractivity contribution in [2.24, 2.45) is 0 Å². The van der Waals surface area contributed by atoms with E-state index >= 15 is 0 Å². The first-order valence-corrected chi connectivity index (χ1v) is 6.71. The molecule has 3 rings (SSSR count). The molecule has 1 aromatic carbocycles. The summed E-state index contributed by atoms with van der Waals surface area (Å²) >= 11 is 0. The molecule has 20 heavy (non-hydrogen) atoms. The molecule has 0 bridgehead atoms. The van der Waals surface area contributed by atoms with E-state index in [2.05, 4.69) is 21.9 Å². The summed E-state index contributed by atoms with van der Waals surface area (Å²) < 4.78 is 0. The van der Waals surface area contributed by atoms with Crippen LogP contribution in [-0.2, 0) is 6.42 Å². The highest BCUT2D eigenvalue weighted by Crippen LogP contribution is 2.21. The lowest BCUT2D eigenvalue weighted by molar-refractivity contribution is 1.00. The van der Waals surface area contributed by atoms with Gasteiger partial charge >= 0.3 is 0 Å². The average molecular weight is 261 g/mol. The number of pyridine rings is 1. The first-order valence-electron chi connectivity index (χ1n) is 6.71. The molecular weight excluding hydrogens is 246 g/mol. The smallest absolute Gasteiger partial charge is 0.160 e. The number of nitrogens with zero attached hydrogens (tertiary/aromatic N) is 3. The molecule has 0 saturated heterocycles. The molecule has 2 aromatic heterocycles. The van der Waals surface area contributed by atoms with Crippen molar-refractivity contribution in [2.45, 2.75) is 13.3 Å². The van der Waals surface area contributed by atoms with E-state index in [1.165, 1.54) is 0 Å². The minimum absolute atomic E-state index is 0.755. The van der Waals surface area contributed by atoms with Crippen LogP contribution in [0.15, 0.2) is 60.8 Å². The molecule has 0 aliphatic rings. The Balaban J connectivity index is 2.13. The number of hydrogen-bond donors (Lipinski definition) is 0. The number of aryl methyl sites for hydroxylation is 1. The van der Waals surface area contributed by atoms with Gasteiger partial charge in [-0.25, -0.2) is 9.97 Å². The second-order valence-electron chi connectivity index (χ2n) is 4.50. The number of rotatable bonds is 3. The van der Waals surface area contributed by atoms with Crippen molar-refractivity contribution in [3.8, 4) is 22.8 Å². The molecule has 3 aromatic rings. The molecule has 0 aliphatic heterocycles. The van der Waals surface area contributed by atoms with Crippen LogP contribution in [0.4, 0.5) is 0 Å². The molecule has 0 atom stereocenters. The van der Waals surface area contributed by atoms with E-state index < -0.39 is 0 Å². The van der Waals surface area contributed by atoms with Crippen molar-refractivity contribution in [3.63, 3.8) is 0 Å². The first kappa shape index (κ1) is 12.5. The molecule has 2 heterocycles. The summed E-state index contributed by atoms with van der Waals surface area (Å²) in [5.41, 5.74) is 3.80. The van der Waals surface area contributed by atoms with E-state index in [0.29, 0.717) is 0 Å². The van der Waals surface area contributed by atoms with Gasteiger partial charge in [0.1, 0.15) is 0 Å². The van der Waals surface area contributed by atoms with Gasteiger partial charge in [0.05, 0.1) is 11.4 Å². The summed E-state index contributed by atoms with van der Waals surface area (Å²) in [6, 6.07) is 17.9. The predicted molar refractivity (Wildman–Crippen MR) is 80.1 cm³/mol. The topological polar surface area (TPSA) is 38.7 Å². The fourth-order valence-corrected chi connectivity index (χ4v) is 2.04. The third-order valence-electron chi connectivity index (χ3n) is 3.10. The lowest BCUT2D eigenvalue weighted by atomic mass is 10.1. The van der Waals surface area contributed by atoms with Gasteiger partial charge in [-0.05, 0) is 24.6 Å². The van der Waals surface area contributed by atoms with Crippen molar-refractivity contribution in [3.05, 3.63) is 66.5 Å². The van der Waals surface area contributed by atoms with E-state index in [0.717, 1.165) is 34.9 Å². The Morgan fingerprint density at radius 1 is 0.850 bits per heavy atom. The highest BCUT2D eigenvalue weighted by Gasteiger charge is 2.08. The summed E-state index contributed by atoms with van der Waals surface area (Å²) in [7, 11) is 0. The van der Waals surface area contributed by atoms with Crippen molar-refractivity contribution >= 4 is 0 Å². The molecule has 0 amide bonds. The van der Waals surface area contributed by atoms with Crippen molar-refractivity contribution in [1.29, 1.82) is 0 Å². The van der Waals surface area contributed by atoms with Crippen LogP contribution in [0.5, 0.6) is 0 Å². The van der Waals surface area contributed by atoms with Crippen molar-refractivity contribution in [1.82, 2.24) is 15.0 Å². The summed E-state index contributed by atoms with van der Waals surface area (Å²) in [6.07, 6.45) is 2.66. The predicted octanol–water partition coefficient (Wildman–Crippen LogP) is 3.77. The van der Waals surface area contributed by atoms with E-state index in [9.17, 15) is 0 Å². The summed E-state index contributed by atoms with van der Waals surface area (Å²) in [6.45, 7) is 2.10.